The first kappa shape index (κ1) is 6.81. The van der Waals surface area contributed by atoms with Crippen LogP contribution in [0.2, 0.25) is 0 Å². The van der Waals surface area contributed by atoms with Crippen LogP contribution in [0.5, 0.6) is 0 Å². The fourth-order valence-corrected chi connectivity index (χ4v) is 1.51. The van der Waals surface area contributed by atoms with Crippen LogP contribution in [0.3, 0.4) is 0 Å². The van der Waals surface area contributed by atoms with Crippen LogP contribution < -0.4 is 0 Å². The third-order valence-corrected chi connectivity index (χ3v) is 1.95. The molecule has 1 amide bonds. The van der Waals surface area contributed by atoms with E-state index in [1.807, 2.05) is 6.42 Å². The third-order valence-electron chi connectivity index (χ3n) is 0.954. The van der Waals surface area contributed by atoms with E-state index >= 15 is 0 Å². The molecule has 9 heavy (non-hydrogen) atoms. The van der Waals surface area contributed by atoms with Gasteiger partial charge < -0.3 is 0 Å². The van der Waals surface area contributed by atoms with E-state index in [0.29, 0.717) is 0 Å². The summed E-state index contributed by atoms with van der Waals surface area (Å²) < 4.78 is 0. The van der Waals surface area contributed by atoms with Crippen molar-refractivity contribution in [3.63, 3.8) is 0 Å². The van der Waals surface area contributed by atoms with Gasteiger partial charge in [0.2, 0.25) is 5.91 Å². The molecule has 1 fully saturated rings. The highest BCUT2D eigenvalue weighted by Crippen LogP contribution is 2.19. The number of thioether (sulfide) groups is 1. The average molecular weight is 142 g/mol. The fraction of sp³-hybridized carbons (Fsp3) is 0.500. The first-order chi connectivity index (χ1) is 4.29. The predicted octanol–water partition coefficient (Wildman–Crippen LogP) is 1.27. The number of rotatable bonds is 0. The minimum absolute atomic E-state index is 0.101. The van der Waals surface area contributed by atoms with Gasteiger partial charge >= 0.3 is 0 Å². The Labute approximate surface area is 58.7 Å². The summed E-state index contributed by atoms with van der Waals surface area (Å²) in [6.45, 7) is 1.47. The summed E-state index contributed by atoms with van der Waals surface area (Å²) >= 11 is 1.64. The van der Waals surface area contributed by atoms with Crippen molar-refractivity contribution in [1.82, 2.24) is 0 Å². The highest BCUT2D eigenvalue weighted by molar-refractivity contribution is 8.14. The standard InChI is InChI=1S/C6H8NOS/c1-5(8)7-6-3-2-4-9-6/h3H,2,4H2,1H3/b7-6-. The van der Waals surface area contributed by atoms with E-state index in [-0.39, 0.29) is 5.91 Å². The van der Waals surface area contributed by atoms with Crippen LogP contribution in [0.25, 0.3) is 0 Å². The van der Waals surface area contributed by atoms with Gasteiger partial charge in [-0.1, -0.05) is 0 Å². The number of aliphatic imine (C=N–C) groups is 1. The summed E-state index contributed by atoms with van der Waals surface area (Å²) in [4.78, 5) is 14.1. The Kier molecular flexibility index (Phi) is 2.28. The van der Waals surface area contributed by atoms with Gasteiger partial charge in [0.1, 0.15) is 0 Å². The highest BCUT2D eigenvalue weighted by atomic mass is 32.2. The monoisotopic (exact) mass is 142 g/mol. The summed E-state index contributed by atoms with van der Waals surface area (Å²) in [6, 6.07) is 0. The van der Waals surface area contributed by atoms with Crippen molar-refractivity contribution < 1.29 is 4.79 Å². The molecular formula is C6H8NOS. The molecule has 0 bridgehead atoms. The van der Waals surface area contributed by atoms with Crippen molar-refractivity contribution in [2.75, 3.05) is 5.75 Å². The van der Waals surface area contributed by atoms with E-state index in [1.165, 1.54) is 6.92 Å². The summed E-state index contributed by atoms with van der Waals surface area (Å²) in [6.07, 6.45) is 3.04. The van der Waals surface area contributed by atoms with Crippen molar-refractivity contribution >= 4 is 22.7 Å². The first-order valence-electron chi connectivity index (χ1n) is 2.84. The smallest absolute Gasteiger partial charge is 0.243 e. The van der Waals surface area contributed by atoms with Gasteiger partial charge in [-0.2, -0.15) is 0 Å². The molecule has 1 aliphatic heterocycles. The molecule has 0 spiro atoms. The van der Waals surface area contributed by atoms with Gasteiger partial charge in [-0.05, 0) is 12.2 Å². The molecule has 1 heterocycles. The summed E-state index contributed by atoms with van der Waals surface area (Å²) in [7, 11) is 0. The van der Waals surface area contributed by atoms with Crippen molar-refractivity contribution in [1.29, 1.82) is 0 Å². The van der Waals surface area contributed by atoms with E-state index in [9.17, 15) is 4.79 Å². The fourth-order valence-electron chi connectivity index (χ4n) is 0.638. The summed E-state index contributed by atoms with van der Waals surface area (Å²) in [5.74, 6) is 0.974. The van der Waals surface area contributed by atoms with Gasteiger partial charge in [0.25, 0.3) is 0 Å². The Morgan fingerprint density at radius 2 is 2.67 bits per heavy atom. The van der Waals surface area contributed by atoms with Gasteiger partial charge in [-0.25, -0.2) is 4.99 Å². The van der Waals surface area contributed by atoms with E-state index < -0.39 is 0 Å². The van der Waals surface area contributed by atoms with Crippen LogP contribution in [0.4, 0.5) is 0 Å². The lowest BCUT2D eigenvalue weighted by molar-refractivity contribution is -0.115. The number of carbonyl (C=O) groups excluding carboxylic acids is 1. The second kappa shape index (κ2) is 3.01. The molecule has 0 atom stereocenters. The van der Waals surface area contributed by atoms with E-state index in [0.717, 1.165) is 17.2 Å². The van der Waals surface area contributed by atoms with E-state index in [4.69, 9.17) is 0 Å². The largest absolute Gasteiger partial charge is 0.273 e. The van der Waals surface area contributed by atoms with Gasteiger partial charge in [0.05, 0.1) is 5.04 Å². The van der Waals surface area contributed by atoms with Crippen LogP contribution in [0.15, 0.2) is 4.99 Å². The maximum atomic E-state index is 10.4. The van der Waals surface area contributed by atoms with Crippen LogP contribution >= 0.6 is 11.8 Å². The normalized spacial score (nSPS) is 23.0. The zero-order valence-electron chi connectivity index (χ0n) is 5.26. The van der Waals surface area contributed by atoms with E-state index in [1.54, 1.807) is 11.8 Å². The molecule has 0 aromatic rings. The quantitative estimate of drug-likeness (QED) is 0.509. The minimum atomic E-state index is -0.101. The van der Waals surface area contributed by atoms with Crippen LogP contribution in [0.1, 0.15) is 13.3 Å². The number of hydrogen-bond acceptors (Lipinski definition) is 2. The summed E-state index contributed by atoms with van der Waals surface area (Å²) in [5, 5.41) is 0.891. The molecule has 0 N–H and O–H groups in total. The van der Waals surface area contributed by atoms with Crippen LogP contribution in [-0.2, 0) is 4.79 Å². The number of carbonyl (C=O) groups is 1. The van der Waals surface area contributed by atoms with E-state index in [2.05, 4.69) is 4.99 Å². The molecule has 1 rings (SSSR count). The average Bonchev–Trinajstić information content (AvgIpc) is 2.15. The molecule has 0 unspecified atom stereocenters. The second-order valence-corrected chi connectivity index (χ2v) is 2.93. The predicted molar refractivity (Wildman–Crippen MR) is 39.5 cm³/mol. The molecular weight excluding hydrogens is 134 g/mol. The highest BCUT2D eigenvalue weighted by Gasteiger charge is 2.09. The van der Waals surface area contributed by atoms with Gasteiger partial charge in [-0.15, -0.1) is 11.8 Å². The minimum Gasteiger partial charge on any atom is -0.273 e. The second-order valence-electron chi connectivity index (χ2n) is 1.81. The zero-order valence-corrected chi connectivity index (χ0v) is 6.07. The first-order valence-corrected chi connectivity index (χ1v) is 3.83. The van der Waals surface area contributed by atoms with Crippen molar-refractivity contribution in [2.24, 2.45) is 4.99 Å². The topological polar surface area (TPSA) is 29.4 Å². The summed E-state index contributed by atoms with van der Waals surface area (Å²) in [5.41, 5.74) is 0. The maximum absolute atomic E-state index is 10.4. The van der Waals surface area contributed by atoms with Crippen molar-refractivity contribution in [2.45, 2.75) is 13.3 Å². The van der Waals surface area contributed by atoms with Gasteiger partial charge in [0, 0.05) is 13.3 Å². The SMILES string of the molecule is CC(=O)/N=C1/[CH]CCS1. The molecule has 2 nitrogen and oxygen atoms in total. The van der Waals surface area contributed by atoms with Crippen molar-refractivity contribution in [3.05, 3.63) is 6.42 Å². The third kappa shape index (κ3) is 2.18. The molecule has 1 radical (unpaired) electrons. The van der Waals surface area contributed by atoms with Crippen LogP contribution in [-0.4, -0.2) is 16.7 Å². The Morgan fingerprint density at radius 1 is 1.89 bits per heavy atom. The van der Waals surface area contributed by atoms with Gasteiger partial charge in [-0.3, -0.25) is 4.79 Å². The van der Waals surface area contributed by atoms with Crippen LogP contribution in [0, 0.1) is 6.42 Å². The molecule has 0 aliphatic carbocycles. The Bertz CT molecular complexity index is 145. The molecule has 0 aromatic carbocycles. The lowest BCUT2D eigenvalue weighted by atomic mass is 10.4. The lowest BCUT2D eigenvalue weighted by Crippen LogP contribution is -1.90. The van der Waals surface area contributed by atoms with Gasteiger partial charge in [0.15, 0.2) is 0 Å². The molecule has 49 valence electrons. The molecule has 0 aromatic heterocycles. The van der Waals surface area contributed by atoms with Crippen molar-refractivity contribution in [3.8, 4) is 0 Å². The number of nitrogens with zero attached hydrogens (tertiary/aromatic N) is 1. The zero-order chi connectivity index (χ0) is 6.69. The Balaban J connectivity index is 2.49. The maximum Gasteiger partial charge on any atom is 0.243 e. The Morgan fingerprint density at radius 3 is 3.11 bits per heavy atom. The molecule has 1 saturated heterocycles. The lowest BCUT2D eigenvalue weighted by Gasteiger charge is -1.86. The molecule has 0 saturated carbocycles. The molecule has 3 heteroatoms. The number of amides is 1. The number of hydrogen-bond donors (Lipinski definition) is 0. The molecule has 1 aliphatic rings. The Hall–Kier alpha value is -0.310.